The lowest BCUT2D eigenvalue weighted by Gasteiger charge is -2.11. The average molecular weight is 291 g/mol. The minimum absolute atomic E-state index is 0.0947. The molecule has 2 aromatic rings. The molecule has 104 valence electrons. The number of amides is 1. The molecule has 4 nitrogen and oxygen atoms in total. The molecule has 5 heteroatoms. The van der Waals surface area contributed by atoms with E-state index in [0.29, 0.717) is 17.4 Å². The second kappa shape index (κ2) is 7.03. The summed E-state index contributed by atoms with van der Waals surface area (Å²) in [6, 6.07) is 13.8. The first-order valence-corrected chi connectivity index (χ1v) is 6.83. The quantitative estimate of drug-likeness (QED) is 0.828. The Bertz CT molecular complexity index is 574. The number of halogens is 1. The number of aromatic nitrogens is 1. The van der Waals surface area contributed by atoms with Crippen molar-refractivity contribution in [3.05, 3.63) is 59.4 Å². The van der Waals surface area contributed by atoms with E-state index in [0.717, 1.165) is 0 Å². The van der Waals surface area contributed by atoms with Gasteiger partial charge in [0.2, 0.25) is 0 Å². The van der Waals surface area contributed by atoms with Crippen molar-refractivity contribution in [1.29, 1.82) is 0 Å². The molecule has 1 amide bonds. The van der Waals surface area contributed by atoms with Crippen LogP contribution in [0.4, 0.5) is 5.69 Å². The van der Waals surface area contributed by atoms with Crippen LogP contribution in [0.3, 0.4) is 0 Å². The summed E-state index contributed by atoms with van der Waals surface area (Å²) < 4.78 is 0. The highest BCUT2D eigenvalue weighted by molar-refractivity contribution is 6.32. The van der Waals surface area contributed by atoms with E-state index in [4.69, 9.17) is 11.6 Å². The number of pyridine rings is 1. The second-order valence-electron chi connectivity index (χ2n) is 4.53. The largest absolute Gasteiger partial charge is 0.333 e. The molecule has 0 saturated heterocycles. The van der Waals surface area contributed by atoms with E-state index in [9.17, 15) is 4.79 Å². The van der Waals surface area contributed by atoms with Gasteiger partial charge in [-0.2, -0.15) is 0 Å². The van der Waals surface area contributed by atoms with Crippen LogP contribution in [0.2, 0.25) is 5.15 Å². The summed E-state index contributed by atoms with van der Waals surface area (Å²) >= 11 is 5.89. The average Bonchev–Trinajstić information content (AvgIpc) is 2.48. The summed E-state index contributed by atoms with van der Waals surface area (Å²) in [6.45, 7) is 2.40. The third-order valence-electron chi connectivity index (χ3n) is 3.02. The Labute approximate surface area is 123 Å². The van der Waals surface area contributed by atoms with Gasteiger partial charge in [0.05, 0.1) is 5.69 Å². The molecule has 0 radical (unpaired) electrons. The number of carbonyl (C=O) groups excluding carboxylic acids is 1. The summed E-state index contributed by atoms with van der Waals surface area (Å²) in [7, 11) is 0. The first-order valence-electron chi connectivity index (χ1n) is 6.45. The smallest absolute Gasteiger partial charge is 0.279 e. The number of nitrogens with zero attached hydrogens (tertiary/aromatic N) is 1. The molecule has 0 aliphatic heterocycles. The van der Waals surface area contributed by atoms with Crippen LogP contribution in [-0.4, -0.2) is 17.4 Å². The summed E-state index contributed by atoms with van der Waals surface area (Å²) in [6.07, 6.45) is 1.58. The van der Waals surface area contributed by atoms with Crippen molar-refractivity contribution in [2.75, 3.05) is 11.9 Å². The molecule has 1 aromatic heterocycles. The number of anilines is 1. The molecule has 20 heavy (non-hydrogen) atoms. The number of quaternary nitrogens is 1. The number of hydrogen-bond acceptors (Lipinski definition) is 2. The third kappa shape index (κ3) is 4.05. The van der Waals surface area contributed by atoms with Gasteiger partial charge in [0.25, 0.3) is 5.91 Å². The molecular weight excluding hydrogens is 274 g/mol. The SMILES string of the molecule is C[C@@H]([NH2+]CC(=O)Nc1cccnc1Cl)c1ccccc1. The van der Waals surface area contributed by atoms with Crippen molar-refractivity contribution in [2.45, 2.75) is 13.0 Å². The zero-order valence-electron chi connectivity index (χ0n) is 11.2. The molecule has 0 unspecified atom stereocenters. The highest BCUT2D eigenvalue weighted by atomic mass is 35.5. The lowest BCUT2D eigenvalue weighted by atomic mass is 10.1. The molecule has 1 aromatic carbocycles. The summed E-state index contributed by atoms with van der Waals surface area (Å²) in [5.74, 6) is -0.0947. The highest BCUT2D eigenvalue weighted by Crippen LogP contribution is 2.16. The number of nitrogens with two attached hydrogens (primary N) is 1. The topological polar surface area (TPSA) is 58.6 Å². The van der Waals surface area contributed by atoms with Crippen LogP contribution in [0, 0.1) is 0 Å². The van der Waals surface area contributed by atoms with Crippen LogP contribution < -0.4 is 10.6 Å². The van der Waals surface area contributed by atoms with E-state index in [1.54, 1.807) is 18.3 Å². The lowest BCUT2D eigenvalue weighted by Crippen LogP contribution is -2.86. The Balaban J connectivity index is 1.85. The van der Waals surface area contributed by atoms with Gasteiger partial charge in [0, 0.05) is 11.8 Å². The van der Waals surface area contributed by atoms with Crippen LogP contribution in [0.15, 0.2) is 48.7 Å². The van der Waals surface area contributed by atoms with Gasteiger partial charge in [0.15, 0.2) is 11.7 Å². The number of hydrogen-bond donors (Lipinski definition) is 2. The number of benzene rings is 1. The van der Waals surface area contributed by atoms with Gasteiger partial charge in [0.1, 0.15) is 6.04 Å². The molecule has 0 fully saturated rings. The molecule has 1 atom stereocenters. The maximum Gasteiger partial charge on any atom is 0.279 e. The predicted octanol–water partition coefficient (Wildman–Crippen LogP) is 2.00. The lowest BCUT2D eigenvalue weighted by molar-refractivity contribution is -0.682. The van der Waals surface area contributed by atoms with E-state index >= 15 is 0 Å². The predicted molar refractivity (Wildman–Crippen MR) is 79.5 cm³/mol. The van der Waals surface area contributed by atoms with E-state index in [1.165, 1.54) is 5.56 Å². The monoisotopic (exact) mass is 290 g/mol. The Morgan fingerprint density at radius 1 is 1.30 bits per heavy atom. The van der Waals surface area contributed by atoms with E-state index in [2.05, 4.69) is 29.4 Å². The summed E-state index contributed by atoms with van der Waals surface area (Å²) in [4.78, 5) is 15.8. The molecule has 0 bridgehead atoms. The fourth-order valence-electron chi connectivity index (χ4n) is 1.86. The van der Waals surface area contributed by atoms with Crippen molar-refractivity contribution < 1.29 is 10.1 Å². The van der Waals surface area contributed by atoms with Crippen molar-refractivity contribution in [1.82, 2.24) is 4.98 Å². The minimum atomic E-state index is -0.0947. The van der Waals surface area contributed by atoms with Gasteiger partial charge in [-0.3, -0.25) is 4.79 Å². The van der Waals surface area contributed by atoms with E-state index in [1.807, 2.05) is 23.5 Å². The Hall–Kier alpha value is -1.91. The molecule has 0 aliphatic carbocycles. The number of nitrogens with one attached hydrogen (secondary N) is 1. The Morgan fingerprint density at radius 3 is 2.75 bits per heavy atom. The third-order valence-corrected chi connectivity index (χ3v) is 3.32. The van der Waals surface area contributed by atoms with Gasteiger partial charge >= 0.3 is 0 Å². The van der Waals surface area contributed by atoms with Crippen LogP contribution in [0.25, 0.3) is 0 Å². The van der Waals surface area contributed by atoms with Gasteiger partial charge in [-0.05, 0) is 19.1 Å². The Morgan fingerprint density at radius 2 is 2.05 bits per heavy atom. The molecule has 3 N–H and O–H groups in total. The van der Waals surface area contributed by atoms with Gasteiger partial charge in [-0.15, -0.1) is 0 Å². The van der Waals surface area contributed by atoms with Crippen molar-refractivity contribution in [2.24, 2.45) is 0 Å². The maximum atomic E-state index is 11.9. The van der Waals surface area contributed by atoms with Gasteiger partial charge in [-0.1, -0.05) is 41.9 Å². The van der Waals surface area contributed by atoms with Crippen LogP contribution in [0.1, 0.15) is 18.5 Å². The van der Waals surface area contributed by atoms with E-state index < -0.39 is 0 Å². The number of rotatable bonds is 5. The highest BCUT2D eigenvalue weighted by Gasteiger charge is 2.12. The minimum Gasteiger partial charge on any atom is -0.333 e. The number of carbonyl (C=O) groups is 1. The standard InChI is InChI=1S/C15H16ClN3O/c1-11(12-6-3-2-4-7-12)18-10-14(20)19-13-8-5-9-17-15(13)16/h2-9,11,18H,10H2,1H3,(H,19,20)/p+1/t11-/m1/s1. The molecule has 0 aliphatic rings. The van der Waals surface area contributed by atoms with Crippen molar-refractivity contribution in [3.8, 4) is 0 Å². The molecular formula is C15H17ClN3O+. The fraction of sp³-hybridized carbons (Fsp3) is 0.200. The zero-order chi connectivity index (χ0) is 14.4. The van der Waals surface area contributed by atoms with Gasteiger partial charge < -0.3 is 10.6 Å². The maximum absolute atomic E-state index is 11.9. The van der Waals surface area contributed by atoms with Crippen LogP contribution in [-0.2, 0) is 4.79 Å². The zero-order valence-corrected chi connectivity index (χ0v) is 12.0. The Kier molecular flexibility index (Phi) is 5.09. The van der Waals surface area contributed by atoms with Gasteiger partial charge in [-0.25, -0.2) is 4.98 Å². The van der Waals surface area contributed by atoms with Crippen LogP contribution in [0.5, 0.6) is 0 Å². The van der Waals surface area contributed by atoms with Crippen molar-refractivity contribution >= 4 is 23.2 Å². The second-order valence-corrected chi connectivity index (χ2v) is 4.89. The van der Waals surface area contributed by atoms with Crippen molar-refractivity contribution in [3.63, 3.8) is 0 Å². The summed E-state index contributed by atoms with van der Waals surface area (Å²) in [5.41, 5.74) is 1.74. The normalized spacial score (nSPS) is 11.9. The molecule has 2 rings (SSSR count). The molecule has 1 heterocycles. The summed E-state index contributed by atoms with van der Waals surface area (Å²) in [5, 5.41) is 5.04. The fourth-order valence-corrected chi connectivity index (χ4v) is 2.02. The van der Waals surface area contributed by atoms with E-state index in [-0.39, 0.29) is 11.9 Å². The first-order chi connectivity index (χ1) is 9.66. The molecule has 0 spiro atoms. The molecule has 0 saturated carbocycles. The first kappa shape index (κ1) is 14.5. The van der Waals surface area contributed by atoms with Crippen LogP contribution >= 0.6 is 11.6 Å².